The fourth-order valence-electron chi connectivity index (χ4n) is 6.25. The molecule has 0 spiro atoms. The number of ether oxygens (including phenoxy) is 1. The lowest BCUT2D eigenvalue weighted by Crippen LogP contribution is -2.60. The maximum Gasteiger partial charge on any atom is 0.407 e. The molecule has 13 nitrogen and oxygen atoms in total. The number of nitrogens with one attached hydrogen (secondary N) is 5. The molecule has 0 bridgehead atoms. The number of hydrogen-bond acceptors (Lipinski definition) is 7. The van der Waals surface area contributed by atoms with Crippen LogP contribution in [0.4, 0.5) is 9.59 Å². The zero-order chi connectivity index (χ0) is 36.1. The highest BCUT2D eigenvalue weighted by Crippen LogP contribution is 2.31. The molecule has 49 heavy (non-hydrogen) atoms. The molecule has 1 heterocycles. The van der Waals surface area contributed by atoms with E-state index in [0.29, 0.717) is 45.2 Å². The van der Waals surface area contributed by atoms with Gasteiger partial charge >= 0.3 is 12.1 Å². The molecule has 5 N–H and O–H groups in total. The van der Waals surface area contributed by atoms with Crippen LogP contribution in [0.15, 0.2) is 36.9 Å². The Kier molecular flexibility index (Phi) is 14.6. The van der Waals surface area contributed by atoms with Crippen LogP contribution in [0.3, 0.4) is 0 Å². The third kappa shape index (κ3) is 11.0. The Morgan fingerprint density at radius 1 is 1.00 bits per heavy atom. The molecule has 13 heteroatoms. The number of rotatable bonds is 16. The topological polar surface area (TPSA) is 175 Å². The van der Waals surface area contributed by atoms with Crippen molar-refractivity contribution >= 4 is 35.6 Å². The second-order valence-electron chi connectivity index (χ2n) is 13.8. The van der Waals surface area contributed by atoms with Crippen LogP contribution in [0, 0.1) is 11.3 Å². The predicted octanol–water partition coefficient (Wildman–Crippen LogP) is 2.77. The number of carbonyl (C=O) groups excluding carboxylic acids is 6. The van der Waals surface area contributed by atoms with E-state index in [2.05, 4.69) is 33.2 Å². The number of hydrogen-bond donors (Lipinski definition) is 5. The number of alkyl carbamates (subject to hydrolysis) is 1. The summed E-state index contributed by atoms with van der Waals surface area (Å²) in [4.78, 5) is 80.6. The molecule has 1 aliphatic heterocycles. The van der Waals surface area contributed by atoms with E-state index in [0.717, 1.165) is 17.5 Å². The van der Waals surface area contributed by atoms with Gasteiger partial charge in [-0.3, -0.25) is 19.2 Å². The summed E-state index contributed by atoms with van der Waals surface area (Å²) < 4.78 is 5.33. The van der Waals surface area contributed by atoms with E-state index in [4.69, 9.17) is 4.74 Å². The van der Waals surface area contributed by atoms with Crippen molar-refractivity contribution in [3.63, 3.8) is 0 Å². The predicted molar refractivity (Wildman–Crippen MR) is 185 cm³/mol. The summed E-state index contributed by atoms with van der Waals surface area (Å²) in [5, 5.41) is 13.6. The molecular formula is C36H54N6O7. The normalized spacial score (nSPS) is 17.6. The third-order valence-electron chi connectivity index (χ3n) is 9.11. The van der Waals surface area contributed by atoms with Gasteiger partial charge in [0.15, 0.2) is 0 Å². The minimum atomic E-state index is -1.03. The number of benzene rings is 1. The Bertz CT molecular complexity index is 1330. The summed E-state index contributed by atoms with van der Waals surface area (Å²) in [5.74, 6) is -2.72. The molecule has 0 saturated carbocycles. The molecule has 1 saturated heterocycles. The number of likely N-dealkylation sites (tertiary alicyclic amines) is 1. The lowest BCUT2D eigenvalue weighted by molar-refractivity contribution is -0.143. The van der Waals surface area contributed by atoms with Crippen LogP contribution in [0.5, 0.6) is 0 Å². The van der Waals surface area contributed by atoms with Crippen molar-refractivity contribution in [3.8, 4) is 0 Å². The SMILES string of the molecule is C=CCNC(=O)C(=O)C(CCCC)NC(=O)[C@@H]1CCCN1C(=O)[C@@H](NC(=O)N[C@H](COC(=O)NCC)C(C)(C)C)C1Cc2ccccc2C1. The van der Waals surface area contributed by atoms with Crippen molar-refractivity contribution in [3.05, 3.63) is 48.0 Å². The Morgan fingerprint density at radius 3 is 2.27 bits per heavy atom. The number of carbonyl (C=O) groups is 6. The zero-order valence-electron chi connectivity index (χ0n) is 29.6. The quantitative estimate of drug-likeness (QED) is 0.132. The monoisotopic (exact) mass is 682 g/mol. The molecule has 0 radical (unpaired) electrons. The van der Waals surface area contributed by atoms with Crippen LogP contribution < -0.4 is 26.6 Å². The first-order chi connectivity index (χ1) is 23.3. The summed E-state index contributed by atoms with van der Waals surface area (Å²) in [6, 6.07) is 3.87. The Morgan fingerprint density at radius 2 is 1.67 bits per heavy atom. The number of nitrogens with zero attached hydrogens (tertiary/aromatic N) is 1. The van der Waals surface area contributed by atoms with E-state index >= 15 is 0 Å². The van der Waals surface area contributed by atoms with Crippen LogP contribution in [0.25, 0.3) is 0 Å². The van der Waals surface area contributed by atoms with Gasteiger partial charge < -0.3 is 36.2 Å². The number of Topliss-reactive ketones (excluding diaryl/α,β-unsaturated/α-hetero) is 1. The molecule has 1 aromatic rings. The maximum absolute atomic E-state index is 14.4. The third-order valence-corrected chi connectivity index (χ3v) is 9.11. The lowest BCUT2D eigenvalue weighted by Gasteiger charge is -2.34. The Hall–Kier alpha value is -4.42. The highest BCUT2D eigenvalue weighted by atomic mass is 16.5. The van der Waals surface area contributed by atoms with Gasteiger partial charge in [0.1, 0.15) is 18.7 Å². The molecule has 2 aliphatic rings. The van der Waals surface area contributed by atoms with E-state index in [1.807, 2.05) is 52.0 Å². The summed E-state index contributed by atoms with van der Waals surface area (Å²) in [6.07, 6.45) is 4.59. The van der Waals surface area contributed by atoms with Gasteiger partial charge in [0.2, 0.25) is 17.6 Å². The first-order valence-electron chi connectivity index (χ1n) is 17.4. The standard InChI is InChI=1S/C36H54N6O7/c1-7-10-16-26(30(43)32(45)38-18-8-2)39-31(44)27-17-13-19-42(27)33(46)29(25-20-23-14-11-12-15-24(23)21-25)41-34(47)40-28(36(4,5)6)22-49-35(48)37-9-3/h8,11-12,14-15,25-29H,2,7,9-10,13,16-22H2,1,3-6H3,(H,37,48)(H,38,45)(H,39,44)(H2,40,41,47)/t26?,27-,28+,29-/m0/s1. The van der Waals surface area contributed by atoms with Gasteiger partial charge in [-0.1, -0.05) is 70.9 Å². The van der Waals surface area contributed by atoms with Crippen molar-refractivity contribution < 1.29 is 33.5 Å². The van der Waals surface area contributed by atoms with Crippen molar-refractivity contribution in [1.29, 1.82) is 0 Å². The molecule has 0 aromatic heterocycles. The largest absolute Gasteiger partial charge is 0.447 e. The highest BCUT2D eigenvalue weighted by molar-refractivity contribution is 6.38. The van der Waals surface area contributed by atoms with E-state index in [9.17, 15) is 28.8 Å². The minimum absolute atomic E-state index is 0.0753. The average Bonchev–Trinajstić information content (AvgIpc) is 3.73. The number of fused-ring (bicyclic) bond motifs is 1. The summed E-state index contributed by atoms with van der Waals surface area (Å²) in [6.45, 7) is 13.7. The van der Waals surface area contributed by atoms with Crippen molar-refractivity contribution in [2.45, 2.75) is 104 Å². The molecule has 270 valence electrons. The molecular weight excluding hydrogens is 628 g/mol. The molecule has 1 unspecified atom stereocenters. The number of urea groups is 1. The minimum Gasteiger partial charge on any atom is -0.447 e. The van der Waals surface area contributed by atoms with E-state index in [1.165, 1.54) is 11.0 Å². The van der Waals surface area contributed by atoms with E-state index in [1.54, 1.807) is 6.92 Å². The Balaban J connectivity index is 1.81. The van der Waals surface area contributed by atoms with Crippen LogP contribution in [0.1, 0.15) is 77.8 Å². The first-order valence-corrected chi connectivity index (χ1v) is 17.4. The molecule has 1 aromatic carbocycles. The number of unbranched alkanes of at least 4 members (excludes halogenated alkanes) is 1. The van der Waals surface area contributed by atoms with Crippen molar-refractivity contribution in [1.82, 2.24) is 31.5 Å². The van der Waals surface area contributed by atoms with E-state index in [-0.39, 0.29) is 25.5 Å². The number of amides is 6. The summed E-state index contributed by atoms with van der Waals surface area (Å²) >= 11 is 0. The van der Waals surface area contributed by atoms with Gasteiger partial charge in [0.05, 0.1) is 12.1 Å². The summed E-state index contributed by atoms with van der Waals surface area (Å²) in [5.41, 5.74) is 1.70. The van der Waals surface area contributed by atoms with Gasteiger partial charge in [-0.25, -0.2) is 9.59 Å². The lowest BCUT2D eigenvalue weighted by atomic mass is 9.87. The molecule has 6 amide bonds. The average molecular weight is 683 g/mol. The number of ketones is 1. The Labute approximate surface area is 289 Å². The smallest absolute Gasteiger partial charge is 0.407 e. The van der Waals surface area contributed by atoms with Crippen molar-refractivity contribution in [2.75, 3.05) is 26.2 Å². The van der Waals surface area contributed by atoms with Crippen LogP contribution >= 0.6 is 0 Å². The van der Waals surface area contributed by atoms with Gasteiger partial charge in [-0.2, -0.15) is 0 Å². The van der Waals surface area contributed by atoms with Crippen LogP contribution in [-0.4, -0.2) is 90.9 Å². The zero-order valence-corrected chi connectivity index (χ0v) is 29.6. The molecule has 1 aliphatic carbocycles. The van der Waals surface area contributed by atoms with Gasteiger partial charge in [0, 0.05) is 19.6 Å². The molecule has 4 atom stereocenters. The summed E-state index contributed by atoms with van der Waals surface area (Å²) in [7, 11) is 0. The fourth-order valence-corrected chi connectivity index (χ4v) is 6.25. The van der Waals surface area contributed by atoms with Gasteiger partial charge in [0.25, 0.3) is 5.91 Å². The van der Waals surface area contributed by atoms with Crippen molar-refractivity contribution in [2.24, 2.45) is 11.3 Å². The maximum atomic E-state index is 14.4. The van der Waals surface area contributed by atoms with Gasteiger partial charge in [-0.05, 0) is 61.5 Å². The fraction of sp³-hybridized carbons (Fsp3) is 0.611. The molecule has 1 fully saturated rings. The van der Waals surface area contributed by atoms with E-state index < -0.39 is 65.2 Å². The van der Waals surface area contributed by atoms with Crippen LogP contribution in [-0.2, 0) is 36.8 Å². The van der Waals surface area contributed by atoms with Crippen LogP contribution in [0.2, 0.25) is 0 Å². The van der Waals surface area contributed by atoms with Gasteiger partial charge in [-0.15, -0.1) is 6.58 Å². The second kappa shape index (κ2) is 18.4. The first kappa shape index (κ1) is 39.0. The molecule has 3 rings (SSSR count). The second-order valence-corrected chi connectivity index (χ2v) is 13.8. The highest BCUT2D eigenvalue weighted by Gasteiger charge is 2.43.